The zero-order valence-electron chi connectivity index (χ0n) is 16.2. The summed E-state index contributed by atoms with van der Waals surface area (Å²) >= 11 is 0. The molecule has 0 saturated carbocycles. The Hall–Kier alpha value is -3.93. The second-order valence-corrected chi connectivity index (χ2v) is 6.68. The molecule has 0 aliphatic rings. The summed E-state index contributed by atoms with van der Waals surface area (Å²) in [6.45, 7) is 3.85. The Labute approximate surface area is 168 Å². The number of amides is 3. The number of hydrogen-bond acceptors (Lipinski definition) is 3. The number of aryl methyl sites for hydroxylation is 2. The van der Waals surface area contributed by atoms with Gasteiger partial charge >= 0.3 is 0 Å². The molecule has 3 aromatic rings. The Bertz CT molecular complexity index is 1040. The summed E-state index contributed by atoms with van der Waals surface area (Å²) < 4.78 is 0. The average Bonchev–Trinajstić information content (AvgIpc) is 2.73. The van der Waals surface area contributed by atoms with Crippen molar-refractivity contribution in [3.8, 4) is 0 Å². The fourth-order valence-electron chi connectivity index (χ4n) is 2.66. The topological polar surface area (TPSA) is 87.3 Å². The number of nitrogens with one attached hydrogen (secondary N) is 3. The highest BCUT2D eigenvalue weighted by atomic mass is 16.2. The number of anilines is 1. The van der Waals surface area contributed by atoms with E-state index in [1.165, 1.54) is 0 Å². The molecule has 0 heterocycles. The van der Waals surface area contributed by atoms with Crippen molar-refractivity contribution in [3.05, 3.63) is 101 Å². The van der Waals surface area contributed by atoms with Crippen molar-refractivity contribution in [2.24, 2.45) is 0 Å². The predicted molar refractivity (Wildman–Crippen MR) is 112 cm³/mol. The van der Waals surface area contributed by atoms with Crippen LogP contribution in [-0.4, -0.2) is 17.7 Å². The highest BCUT2D eigenvalue weighted by Crippen LogP contribution is 2.12. The smallest absolute Gasteiger partial charge is 0.269 e. The fourth-order valence-corrected chi connectivity index (χ4v) is 2.66. The number of hydrogen-bond donors (Lipinski definition) is 3. The van der Waals surface area contributed by atoms with Crippen LogP contribution in [-0.2, 0) is 0 Å². The maximum Gasteiger partial charge on any atom is 0.269 e. The molecule has 3 amide bonds. The molecule has 3 aromatic carbocycles. The van der Waals surface area contributed by atoms with Crippen LogP contribution in [0.5, 0.6) is 0 Å². The van der Waals surface area contributed by atoms with Gasteiger partial charge in [0, 0.05) is 22.4 Å². The molecule has 0 unspecified atom stereocenters. The van der Waals surface area contributed by atoms with Crippen LogP contribution in [0.4, 0.5) is 5.69 Å². The molecule has 0 fully saturated rings. The second kappa shape index (κ2) is 8.84. The summed E-state index contributed by atoms with van der Waals surface area (Å²) in [4.78, 5) is 36.5. The second-order valence-electron chi connectivity index (χ2n) is 6.68. The lowest BCUT2D eigenvalue weighted by atomic mass is 10.1. The summed E-state index contributed by atoms with van der Waals surface area (Å²) in [6.07, 6.45) is 0. The average molecular weight is 387 g/mol. The van der Waals surface area contributed by atoms with E-state index < -0.39 is 11.8 Å². The van der Waals surface area contributed by atoms with E-state index in [-0.39, 0.29) is 5.91 Å². The van der Waals surface area contributed by atoms with Crippen LogP contribution < -0.4 is 16.2 Å². The van der Waals surface area contributed by atoms with E-state index in [1.54, 1.807) is 48.5 Å². The highest BCUT2D eigenvalue weighted by molar-refractivity contribution is 6.05. The number of hydrazine groups is 1. The van der Waals surface area contributed by atoms with Crippen molar-refractivity contribution in [2.45, 2.75) is 13.8 Å². The first kappa shape index (κ1) is 19.8. The van der Waals surface area contributed by atoms with Crippen LogP contribution >= 0.6 is 0 Å². The van der Waals surface area contributed by atoms with E-state index in [9.17, 15) is 14.4 Å². The van der Waals surface area contributed by atoms with Crippen molar-refractivity contribution in [1.82, 2.24) is 10.9 Å². The molecule has 3 N–H and O–H groups in total. The molecular weight excluding hydrogens is 366 g/mol. The lowest BCUT2D eigenvalue weighted by Crippen LogP contribution is -2.41. The van der Waals surface area contributed by atoms with E-state index in [2.05, 4.69) is 16.2 Å². The number of rotatable bonds is 4. The van der Waals surface area contributed by atoms with Gasteiger partial charge in [0.1, 0.15) is 0 Å². The van der Waals surface area contributed by atoms with Crippen LogP contribution in [0.15, 0.2) is 72.8 Å². The molecule has 0 radical (unpaired) electrons. The SMILES string of the molecule is Cc1ccc(C(=O)NNC(=O)c2ccc(NC(=O)c3cccc(C)c3)cc2)cc1. The maximum absolute atomic E-state index is 12.3. The molecule has 0 bridgehead atoms. The minimum absolute atomic E-state index is 0.226. The van der Waals surface area contributed by atoms with Gasteiger partial charge in [-0.05, 0) is 62.4 Å². The summed E-state index contributed by atoms with van der Waals surface area (Å²) in [5, 5.41) is 2.79. The van der Waals surface area contributed by atoms with Gasteiger partial charge in [-0.25, -0.2) is 0 Å². The molecule has 0 spiro atoms. The molecule has 6 nitrogen and oxygen atoms in total. The minimum Gasteiger partial charge on any atom is -0.322 e. The number of carbonyl (C=O) groups is 3. The summed E-state index contributed by atoms with van der Waals surface area (Å²) in [6, 6.07) is 20.7. The maximum atomic E-state index is 12.3. The number of benzene rings is 3. The monoisotopic (exact) mass is 387 g/mol. The molecular formula is C23H21N3O3. The van der Waals surface area contributed by atoms with Crippen LogP contribution in [0, 0.1) is 13.8 Å². The van der Waals surface area contributed by atoms with E-state index in [0.29, 0.717) is 22.4 Å². The van der Waals surface area contributed by atoms with Crippen LogP contribution in [0.1, 0.15) is 42.2 Å². The normalized spacial score (nSPS) is 10.1. The first-order valence-corrected chi connectivity index (χ1v) is 9.08. The van der Waals surface area contributed by atoms with Gasteiger partial charge in [0.25, 0.3) is 17.7 Å². The van der Waals surface area contributed by atoms with Gasteiger partial charge in [-0.15, -0.1) is 0 Å². The fraction of sp³-hybridized carbons (Fsp3) is 0.0870. The van der Waals surface area contributed by atoms with E-state index in [4.69, 9.17) is 0 Å². The van der Waals surface area contributed by atoms with Gasteiger partial charge in [0.15, 0.2) is 0 Å². The van der Waals surface area contributed by atoms with Crippen LogP contribution in [0.3, 0.4) is 0 Å². The summed E-state index contributed by atoms with van der Waals surface area (Å²) in [5.74, 6) is -1.08. The molecule has 0 aliphatic carbocycles. The van der Waals surface area contributed by atoms with Gasteiger partial charge < -0.3 is 5.32 Å². The Morgan fingerprint density at radius 2 is 1.14 bits per heavy atom. The molecule has 0 atom stereocenters. The minimum atomic E-state index is -0.456. The van der Waals surface area contributed by atoms with Crippen molar-refractivity contribution in [3.63, 3.8) is 0 Å². The van der Waals surface area contributed by atoms with E-state index >= 15 is 0 Å². The van der Waals surface area contributed by atoms with Crippen molar-refractivity contribution >= 4 is 23.4 Å². The zero-order valence-corrected chi connectivity index (χ0v) is 16.2. The van der Waals surface area contributed by atoms with Gasteiger partial charge in [-0.3, -0.25) is 25.2 Å². The van der Waals surface area contributed by atoms with Gasteiger partial charge in [-0.1, -0.05) is 35.4 Å². The highest BCUT2D eigenvalue weighted by Gasteiger charge is 2.10. The third-order valence-corrected chi connectivity index (χ3v) is 4.29. The molecule has 146 valence electrons. The Morgan fingerprint density at radius 3 is 1.69 bits per heavy atom. The standard InChI is InChI=1S/C23H21N3O3/c1-15-6-8-17(9-7-15)22(28)25-26-23(29)18-10-12-20(13-11-18)24-21(27)19-5-3-4-16(2)14-19/h3-14H,1-2H3,(H,24,27)(H,25,28)(H,26,29). The lowest BCUT2D eigenvalue weighted by Gasteiger charge is -2.09. The first-order chi connectivity index (χ1) is 13.9. The Balaban J connectivity index is 1.56. The molecule has 3 rings (SSSR count). The Kier molecular flexibility index (Phi) is 6.04. The van der Waals surface area contributed by atoms with E-state index in [1.807, 2.05) is 38.1 Å². The van der Waals surface area contributed by atoms with Gasteiger partial charge in [-0.2, -0.15) is 0 Å². The van der Waals surface area contributed by atoms with Crippen LogP contribution in [0.25, 0.3) is 0 Å². The van der Waals surface area contributed by atoms with Gasteiger partial charge in [0.2, 0.25) is 0 Å². The Morgan fingerprint density at radius 1 is 0.586 bits per heavy atom. The van der Waals surface area contributed by atoms with Crippen LogP contribution in [0.2, 0.25) is 0 Å². The van der Waals surface area contributed by atoms with Crippen molar-refractivity contribution in [2.75, 3.05) is 5.32 Å². The molecule has 0 aromatic heterocycles. The largest absolute Gasteiger partial charge is 0.322 e. The van der Waals surface area contributed by atoms with Crippen molar-refractivity contribution < 1.29 is 14.4 Å². The first-order valence-electron chi connectivity index (χ1n) is 9.08. The zero-order chi connectivity index (χ0) is 20.8. The van der Waals surface area contributed by atoms with Crippen molar-refractivity contribution in [1.29, 1.82) is 0 Å². The summed E-state index contributed by atoms with van der Waals surface area (Å²) in [5.41, 5.74) is 8.73. The third kappa shape index (κ3) is 5.29. The van der Waals surface area contributed by atoms with E-state index in [0.717, 1.165) is 11.1 Å². The molecule has 6 heteroatoms. The molecule has 29 heavy (non-hydrogen) atoms. The molecule has 0 aliphatic heterocycles. The quantitative estimate of drug-likeness (QED) is 0.598. The lowest BCUT2D eigenvalue weighted by molar-refractivity contribution is 0.0846. The summed E-state index contributed by atoms with van der Waals surface area (Å²) in [7, 11) is 0. The molecule has 0 saturated heterocycles. The predicted octanol–water partition coefficient (Wildman–Crippen LogP) is 3.63. The third-order valence-electron chi connectivity index (χ3n) is 4.29. The van der Waals surface area contributed by atoms with Gasteiger partial charge in [0.05, 0.1) is 0 Å². The number of carbonyl (C=O) groups excluding carboxylic acids is 3.